The van der Waals surface area contributed by atoms with Crippen LogP contribution in [0.4, 0.5) is 11.5 Å². The van der Waals surface area contributed by atoms with Crippen LogP contribution >= 0.6 is 0 Å². The second-order valence-corrected chi connectivity index (χ2v) is 4.80. The Hall–Kier alpha value is -1.63. The number of aryl methyl sites for hydroxylation is 2. The van der Waals surface area contributed by atoms with Gasteiger partial charge in [-0.15, -0.1) is 0 Å². The number of hydrogen-bond acceptors (Lipinski definition) is 5. The Kier molecular flexibility index (Phi) is 3.51. The van der Waals surface area contributed by atoms with Gasteiger partial charge in [0.05, 0.1) is 11.0 Å². The van der Waals surface area contributed by atoms with Gasteiger partial charge in [-0.2, -0.15) is 5.10 Å². The first kappa shape index (κ1) is 12.8. The fourth-order valence-corrected chi connectivity index (χ4v) is 2.55. The number of nitro groups is 1. The number of aromatic nitrogens is 2. The van der Waals surface area contributed by atoms with E-state index in [0.717, 1.165) is 19.3 Å². The molecule has 0 aromatic carbocycles. The van der Waals surface area contributed by atoms with Crippen molar-refractivity contribution in [3.63, 3.8) is 0 Å². The second kappa shape index (κ2) is 4.93. The van der Waals surface area contributed by atoms with Gasteiger partial charge < -0.3 is 10.4 Å². The molecule has 2 N–H and O–H groups in total. The Bertz CT molecular complexity index is 457. The van der Waals surface area contributed by atoms with Crippen LogP contribution < -0.4 is 5.32 Å². The predicted molar refractivity (Wildman–Crippen MR) is 66.4 cm³/mol. The second-order valence-electron chi connectivity index (χ2n) is 4.80. The first-order chi connectivity index (χ1) is 8.50. The van der Waals surface area contributed by atoms with Crippen LogP contribution in [0.2, 0.25) is 0 Å². The summed E-state index contributed by atoms with van der Waals surface area (Å²) in [7, 11) is 1.67. The first-order valence-corrected chi connectivity index (χ1v) is 6.10. The van der Waals surface area contributed by atoms with Crippen molar-refractivity contribution in [3.05, 3.63) is 15.8 Å². The third kappa shape index (κ3) is 2.31. The molecule has 100 valence electrons. The maximum atomic E-state index is 11.0. The normalized spacial score (nSPS) is 23.3. The van der Waals surface area contributed by atoms with Crippen molar-refractivity contribution in [2.75, 3.05) is 11.9 Å². The van der Waals surface area contributed by atoms with E-state index in [0.29, 0.717) is 18.1 Å². The highest BCUT2D eigenvalue weighted by molar-refractivity contribution is 5.59. The molecule has 1 aliphatic rings. The number of rotatable bonds is 4. The van der Waals surface area contributed by atoms with Crippen LogP contribution in [0.5, 0.6) is 0 Å². The lowest BCUT2D eigenvalue weighted by Gasteiger charge is -2.15. The Labute approximate surface area is 105 Å². The highest BCUT2D eigenvalue weighted by Crippen LogP contribution is 2.30. The van der Waals surface area contributed by atoms with Crippen molar-refractivity contribution in [2.45, 2.75) is 32.3 Å². The van der Waals surface area contributed by atoms with Crippen molar-refractivity contribution in [2.24, 2.45) is 13.0 Å². The zero-order chi connectivity index (χ0) is 13.3. The van der Waals surface area contributed by atoms with Crippen LogP contribution in [0.3, 0.4) is 0 Å². The third-order valence-corrected chi connectivity index (χ3v) is 3.52. The van der Waals surface area contributed by atoms with Gasteiger partial charge in [-0.1, -0.05) is 6.42 Å². The summed E-state index contributed by atoms with van der Waals surface area (Å²) >= 11 is 0. The van der Waals surface area contributed by atoms with Crippen molar-refractivity contribution < 1.29 is 10.0 Å². The average molecular weight is 254 g/mol. The van der Waals surface area contributed by atoms with Crippen LogP contribution in [-0.2, 0) is 7.05 Å². The molecule has 0 bridgehead atoms. The minimum absolute atomic E-state index is 0.0185. The van der Waals surface area contributed by atoms with Gasteiger partial charge in [0.1, 0.15) is 5.69 Å². The summed E-state index contributed by atoms with van der Waals surface area (Å²) in [4.78, 5) is 10.6. The smallest absolute Gasteiger partial charge is 0.333 e. The maximum absolute atomic E-state index is 11.0. The predicted octanol–water partition coefficient (Wildman–Crippen LogP) is 1.21. The van der Waals surface area contributed by atoms with Crippen molar-refractivity contribution in [1.29, 1.82) is 0 Å². The lowest BCUT2D eigenvalue weighted by Crippen LogP contribution is -2.23. The quantitative estimate of drug-likeness (QED) is 0.622. The molecule has 7 heteroatoms. The van der Waals surface area contributed by atoms with E-state index in [1.807, 2.05) is 0 Å². The lowest BCUT2D eigenvalue weighted by atomic mass is 10.1. The molecule has 1 aromatic heterocycles. The zero-order valence-corrected chi connectivity index (χ0v) is 10.6. The molecule has 0 amide bonds. The monoisotopic (exact) mass is 254 g/mol. The number of hydrogen-bond donors (Lipinski definition) is 2. The van der Waals surface area contributed by atoms with Gasteiger partial charge in [-0.3, -0.25) is 10.1 Å². The van der Waals surface area contributed by atoms with Crippen LogP contribution in [0.15, 0.2) is 0 Å². The van der Waals surface area contributed by atoms with Crippen molar-refractivity contribution >= 4 is 11.5 Å². The Morgan fingerprint density at radius 2 is 2.33 bits per heavy atom. The van der Waals surface area contributed by atoms with E-state index >= 15 is 0 Å². The molecule has 0 saturated heterocycles. The number of aliphatic hydroxyl groups is 1. The molecule has 1 fully saturated rings. The fourth-order valence-electron chi connectivity index (χ4n) is 2.55. The molecule has 1 aliphatic carbocycles. The van der Waals surface area contributed by atoms with E-state index < -0.39 is 4.92 Å². The van der Waals surface area contributed by atoms with Crippen molar-refractivity contribution in [3.8, 4) is 0 Å². The highest BCUT2D eigenvalue weighted by Gasteiger charge is 2.28. The van der Waals surface area contributed by atoms with Crippen LogP contribution in [0.1, 0.15) is 25.0 Å². The topological polar surface area (TPSA) is 93.2 Å². The van der Waals surface area contributed by atoms with Gasteiger partial charge in [0, 0.05) is 19.5 Å². The van der Waals surface area contributed by atoms with E-state index in [-0.39, 0.29) is 17.7 Å². The molecule has 1 aromatic rings. The SMILES string of the molecule is Cc1nn(C)c(NCC2CCCC2O)c1[N+](=O)[O-]. The van der Waals surface area contributed by atoms with Gasteiger partial charge in [-0.25, -0.2) is 4.68 Å². The standard InChI is InChI=1S/C11H18N4O3/c1-7-10(15(17)18)11(14(2)13-7)12-6-8-4-3-5-9(8)16/h8-9,12,16H,3-6H2,1-2H3. The van der Waals surface area contributed by atoms with Crippen molar-refractivity contribution in [1.82, 2.24) is 9.78 Å². The lowest BCUT2D eigenvalue weighted by molar-refractivity contribution is -0.384. The number of nitrogens with zero attached hydrogens (tertiary/aromatic N) is 3. The molecule has 0 radical (unpaired) electrons. The van der Waals surface area contributed by atoms with Gasteiger partial charge in [0.15, 0.2) is 0 Å². The summed E-state index contributed by atoms with van der Waals surface area (Å²) in [5, 5.41) is 27.8. The molecular formula is C11H18N4O3. The summed E-state index contributed by atoms with van der Waals surface area (Å²) in [6.07, 6.45) is 2.49. The van der Waals surface area contributed by atoms with Gasteiger partial charge in [-0.05, 0) is 19.8 Å². The average Bonchev–Trinajstić information content (AvgIpc) is 2.79. The molecule has 0 spiro atoms. The van der Waals surface area contributed by atoms with E-state index in [2.05, 4.69) is 10.4 Å². The maximum Gasteiger partial charge on any atom is 0.333 e. The van der Waals surface area contributed by atoms with Crippen LogP contribution in [-0.4, -0.2) is 32.5 Å². The summed E-state index contributed by atoms with van der Waals surface area (Å²) in [6.45, 7) is 2.16. The third-order valence-electron chi connectivity index (χ3n) is 3.52. The van der Waals surface area contributed by atoms with E-state index in [9.17, 15) is 15.2 Å². The largest absolute Gasteiger partial charge is 0.393 e. The summed E-state index contributed by atoms with van der Waals surface area (Å²) < 4.78 is 1.48. The Balaban J connectivity index is 2.11. The van der Waals surface area contributed by atoms with Gasteiger partial charge in [0.25, 0.3) is 0 Å². The van der Waals surface area contributed by atoms with Gasteiger partial charge >= 0.3 is 5.69 Å². The molecule has 2 rings (SSSR count). The summed E-state index contributed by atoms with van der Waals surface area (Å²) in [5.74, 6) is 0.580. The molecule has 1 saturated carbocycles. The van der Waals surface area contributed by atoms with E-state index in [4.69, 9.17) is 0 Å². The minimum atomic E-state index is -0.421. The zero-order valence-electron chi connectivity index (χ0n) is 10.6. The number of nitrogens with one attached hydrogen (secondary N) is 1. The summed E-state index contributed by atoms with van der Waals surface area (Å²) in [5.41, 5.74) is 0.418. The number of anilines is 1. The van der Waals surface area contributed by atoms with Crippen LogP contribution in [0, 0.1) is 23.0 Å². The molecule has 2 unspecified atom stereocenters. The molecule has 2 atom stereocenters. The molecule has 7 nitrogen and oxygen atoms in total. The van der Waals surface area contributed by atoms with Gasteiger partial charge in [0.2, 0.25) is 5.82 Å². The van der Waals surface area contributed by atoms with Crippen LogP contribution in [0.25, 0.3) is 0 Å². The van der Waals surface area contributed by atoms with E-state index in [1.54, 1.807) is 14.0 Å². The summed E-state index contributed by atoms with van der Waals surface area (Å²) in [6, 6.07) is 0. The Morgan fingerprint density at radius 1 is 1.61 bits per heavy atom. The Morgan fingerprint density at radius 3 is 2.89 bits per heavy atom. The molecule has 0 aliphatic heterocycles. The molecular weight excluding hydrogens is 236 g/mol. The molecule has 18 heavy (non-hydrogen) atoms. The number of aliphatic hydroxyl groups excluding tert-OH is 1. The fraction of sp³-hybridized carbons (Fsp3) is 0.727. The molecule has 1 heterocycles. The van der Waals surface area contributed by atoms with E-state index in [1.165, 1.54) is 4.68 Å². The minimum Gasteiger partial charge on any atom is -0.393 e. The highest BCUT2D eigenvalue weighted by atomic mass is 16.6. The first-order valence-electron chi connectivity index (χ1n) is 6.10.